The molecule has 26 heavy (non-hydrogen) atoms. The fraction of sp³-hybridized carbons (Fsp3) is 0.0476. The molecule has 4 aromatic rings. The molecule has 0 unspecified atom stereocenters. The highest BCUT2D eigenvalue weighted by Crippen LogP contribution is 2.36. The topological polar surface area (TPSA) is 59.1 Å². The number of oxazole rings is 1. The van der Waals surface area contributed by atoms with Gasteiger partial charge in [0.2, 0.25) is 11.0 Å². The van der Waals surface area contributed by atoms with E-state index >= 15 is 0 Å². The first kappa shape index (κ1) is 16.2. The maximum Gasteiger partial charge on any atom is 0.229 e. The highest BCUT2D eigenvalue weighted by molar-refractivity contribution is 7.99. The molecule has 1 heterocycles. The zero-order valence-corrected chi connectivity index (χ0v) is 14.8. The second-order valence-electron chi connectivity index (χ2n) is 5.57. The van der Waals surface area contributed by atoms with E-state index in [-0.39, 0.29) is 5.69 Å². The summed E-state index contributed by atoms with van der Waals surface area (Å²) >= 11 is 1.36. The van der Waals surface area contributed by atoms with Gasteiger partial charge in [-0.15, -0.1) is 0 Å². The maximum absolute atomic E-state index is 9.46. The van der Waals surface area contributed by atoms with Crippen LogP contribution >= 0.6 is 11.8 Å². The van der Waals surface area contributed by atoms with Crippen molar-refractivity contribution in [3.8, 4) is 23.3 Å². The number of benzene rings is 3. The maximum atomic E-state index is 9.46. The largest absolute Gasteiger partial charge is 0.497 e. The van der Waals surface area contributed by atoms with Crippen LogP contribution in [-0.2, 0) is 0 Å². The molecule has 1 aromatic heterocycles. The van der Waals surface area contributed by atoms with Crippen molar-refractivity contribution in [1.29, 1.82) is 5.26 Å². The summed E-state index contributed by atoms with van der Waals surface area (Å²) in [6.45, 7) is 0. The summed E-state index contributed by atoms with van der Waals surface area (Å²) in [5, 5.41) is 12.1. The molecule has 0 bridgehead atoms. The van der Waals surface area contributed by atoms with Crippen LogP contribution < -0.4 is 4.74 Å². The summed E-state index contributed by atoms with van der Waals surface area (Å²) in [5.74, 6) is 1.20. The van der Waals surface area contributed by atoms with E-state index in [1.807, 2.05) is 66.7 Å². The van der Waals surface area contributed by atoms with Crippen molar-refractivity contribution in [2.75, 3.05) is 7.11 Å². The van der Waals surface area contributed by atoms with E-state index in [4.69, 9.17) is 9.15 Å². The molecular formula is C21H14N2O2S. The van der Waals surface area contributed by atoms with Crippen molar-refractivity contribution >= 4 is 22.5 Å². The van der Waals surface area contributed by atoms with Gasteiger partial charge in [0, 0.05) is 10.5 Å². The summed E-state index contributed by atoms with van der Waals surface area (Å²) in [5.41, 5.74) is 1.15. The lowest BCUT2D eigenvalue weighted by atomic mass is 10.0. The Morgan fingerprint density at radius 3 is 2.69 bits per heavy atom. The first-order valence-electron chi connectivity index (χ1n) is 7.99. The molecule has 0 N–H and O–H groups in total. The lowest BCUT2D eigenvalue weighted by Crippen LogP contribution is -1.82. The van der Waals surface area contributed by atoms with Crippen LogP contribution in [0.5, 0.6) is 5.75 Å². The fourth-order valence-electron chi connectivity index (χ4n) is 2.74. The molecular weight excluding hydrogens is 344 g/mol. The highest BCUT2D eigenvalue weighted by atomic mass is 32.2. The number of nitriles is 1. The molecule has 0 amide bonds. The molecule has 0 radical (unpaired) electrons. The summed E-state index contributed by atoms with van der Waals surface area (Å²) in [6, 6.07) is 23.7. The third-order valence-electron chi connectivity index (χ3n) is 3.97. The second kappa shape index (κ2) is 6.95. The van der Waals surface area contributed by atoms with E-state index < -0.39 is 0 Å². The molecule has 3 aromatic carbocycles. The average Bonchev–Trinajstić information content (AvgIpc) is 3.10. The van der Waals surface area contributed by atoms with Gasteiger partial charge in [-0.1, -0.05) is 42.5 Å². The SMILES string of the molecule is COc1cccc(Sc2oc(-c3cccc4ccccc34)nc2C#N)c1. The third-order valence-corrected chi connectivity index (χ3v) is 4.93. The van der Waals surface area contributed by atoms with Crippen molar-refractivity contribution in [3.05, 3.63) is 72.4 Å². The highest BCUT2D eigenvalue weighted by Gasteiger charge is 2.17. The Labute approximate surface area is 155 Å². The van der Waals surface area contributed by atoms with Crippen molar-refractivity contribution in [2.24, 2.45) is 0 Å². The van der Waals surface area contributed by atoms with Gasteiger partial charge in [0.1, 0.15) is 11.8 Å². The molecule has 0 atom stereocenters. The zero-order chi connectivity index (χ0) is 17.9. The number of fused-ring (bicyclic) bond motifs is 1. The molecule has 4 nitrogen and oxygen atoms in total. The van der Waals surface area contributed by atoms with Gasteiger partial charge in [-0.05, 0) is 46.8 Å². The molecule has 4 rings (SSSR count). The van der Waals surface area contributed by atoms with E-state index in [1.165, 1.54) is 11.8 Å². The van der Waals surface area contributed by atoms with Crippen LogP contribution in [0.15, 0.2) is 81.1 Å². The summed E-state index contributed by atoms with van der Waals surface area (Å²) in [4.78, 5) is 5.33. The predicted molar refractivity (Wildman–Crippen MR) is 101 cm³/mol. The van der Waals surface area contributed by atoms with Crippen molar-refractivity contribution in [2.45, 2.75) is 9.99 Å². The van der Waals surface area contributed by atoms with Gasteiger partial charge in [-0.3, -0.25) is 0 Å². The molecule has 5 heteroatoms. The van der Waals surface area contributed by atoms with E-state index in [0.29, 0.717) is 11.0 Å². The standard InChI is InChI=1S/C21H14N2O2S/c1-24-15-8-5-9-16(12-15)26-21-19(13-22)23-20(25-21)18-11-4-7-14-6-2-3-10-17(14)18/h2-12H,1H3. The van der Waals surface area contributed by atoms with Crippen LogP contribution in [0.1, 0.15) is 5.69 Å². The number of aromatic nitrogens is 1. The average molecular weight is 358 g/mol. The van der Waals surface area contributed by atoms with Crippen LogP contribution in [0.2, 0.25) is 0 Å². The summed E-state index contributed by atoms with van der Waals surface area (Å²) in [7, 11) is 1.62. The Balaban J connectivity index is 1.77. The predicted octanol–water partition coefficient (Wildman–Crippen LogP) is 5.53. The van der Waals surface area contributed by atoms with Gasteiger partial charge >= 0.3 is 0 Å². The molecule has 0 saturated carbocycles. The van der Waals surface area contributed by atoms with Crippen molar-refractivity contribution < 1.29 is 9.15 Å². The van der Waals surface area contributed by atoms with Gasteiger partial charge in [-0.25, -0.2) is 0 Å². The Morgan fingerprint density at radius 2 is 1.85 bits per heavy atom. The van der Waals surface area contributed by atoms with Gasteiger partial charge in [0.25, 0.3) is 0 Å². The lowest BCUT2D eigenvalue weighted by molar-refractivity contribution is 0.413. The number of ether oxygens (including phenoxy) is 1. The number of methoxy groups -OCH3 is 1. The minimum atomic E-state index is 0.278. The summed E-state index contributed by atoms with van der Waals surface area (Å²) < 4.78 is 11.2. The molecule has 0 saturated heterocycles. The Morgan fingerprint density at radius 1 is 1.04 bits per heavy atom. The monoisotopic (exact) mass is 358 g/mol. The van der Waals surface area contributed by atoms with Crippen molar-refractivity contribution in [3.63, 3.8) is 0 Å². The number of rotatable bonds is 4. The minimum Gasteiger partial charge on any atom is -0.497 e. The summed E-state index contributed by atoms with van der Waals surface area (Å²) in [6.07, 6.45) is 0. The molecule has 0 fully saturated rings. The van der Waals surface area contributed by atoms with Crippen LogP contribution in [0, 0.1) is 11.3 Å². The Bertz CT molecular complexity index is 1120. The van der Waals surface area contributed by atoms with Crippen LogP contribution in [0.25, 0.3) is 22.2 Å². The molecule has 126 valence electrons. The van der Waals surface area contributed by atoms with E-state index in [0.717, 1.165) is 27.0 Å². The van der Waals surface area contributed by atoms with Crippen molar-refractivity contribution in [1.82, 2.24) is 4.98 Å². The quantitative estimate of drug-likeness (QED) is 0.480. The minimum absolute atomic E-state index is 0.278. The van der Waals surface area contributed by atoms with Crippen LogP contribution in [-0.4, -0.2) is 12.1 Å². The Kier molecular flexibility index (Phi) is 4.34. The fourth-order valence-corrected chi connectivity index (χ4v) is 3.59. The van der Waals surface area contributed by atoms with Gasteiger partial charge in [0.15, 0.2) is 5.69 Å². The number of hydrogen-bond acceptors (Lipinski definition) is 5. The normalized spacial score (nSPS) is 10.6. The first-order chi connectivity index (χ1) is 12.8. The smallest absolute Gasteiger partial charge is 0.229 e. The first-order valence-corrected chi connectivity index (χ1v) is 8.81. The van der Waals surface area contributed by atoms with E-state index in [2.05, 4.69) is 11.1 Å². The number of nitrogens with zero attached hydrogens (tertiary/aromatic N) is 2. The van der Waals surface area contributed by atoms with Gasteiger partial charge in [-0.2, -0.15) is 10.2 Å². The zero-order valence-electron chi connectivity index (χ0n) is 14.0. The van der Waals surface area contributed by atoms with Gasteiger partial charge in [0.05, 0.1) is 7.11 Å². The van der Waals surface area contributed by atoms with E-state index in [9.17, 15) is 5.26 Å². The van der Waals surface area contributed by atoms with E-state index in [1.54, 1.807) is 7.11 Å². The lowest BCUT2D eigenvalue weighted by Gasteiger charge is -2.03. The molecule has 0 spiro atoms. The molecule has 0 aliphatic heterocycles. The number of hydrogen-bond donors (Lipinski definition) is 0. The third kappa shape index (κ3) is 3.03. The molecule has 0 aliphatic rings. The van der Waals surface area contributed by atoms with Gasteiger partial charge < -0.3 is 9.15 Å². The van der Waals surface area contributed by atoms with Crippen LogP contribution in [0.4, 0.5) is 0 Å². The Hall–Kier alpha value is -3.23. The second-order valence-corrected chi connectivity index (χ2v) is 6.62. The van der Waals surface area contributed by atoms with Crippen LogP contribution in [0.3, 0.4) is 0 Å². The molecule has 0 aliphatic carbocycles.